The number of nitrogens with one attached hydrogen (secondary N) is 2. The summed E-state index contributed by atoms with van der Waals surface area (Å²) in [7, 11) is 0. The maximum Gasteiger partial charge on any atom is 0.330 e. The third kappa shape index (κ3) is 5.24. The van der Waals surface area contributed by atoms with Gasteiger partial charge in [0.2, 0.25) is 0 Å². The van der Waals surface area contributed by atoms with Gasteiger partial charge in [0.25, 0.3) is 5.56 Å². The van der Waals surface area contributed by atoms with Gasteiger partial charge < -0.3 is 5.32 Å². The number of hydrogen-bond acceptors (Lipinski definition) is 3. The fraction of sp³-hybridized carbons (Fsp3) is 0.412. The number of anilines is 1. The van der Waals surface area contributed by atoms with Crippen molar-refractivity contribution in [1.29, 1.82) is 0 Å². The Morgan fingerprint density at radius 2 is 1.73 bits per heavy atom. The van der Waals surface area contributed by atoms with Crippen LogP contribution in [0, 0.1) is 0 Å². The normalized spacial score (nSPS) is 10.0. The van der Waals surface area contributed by atoms with Crippen LogP contribution in [0.25, 0.3) is 0 Å². The van der Waals surface area contributed by atoms with Gasteiger partial charge >= 0.3 is 5.69 Å². The van der Waals surface area contributed by atoms with E-state index in [0.717, 1.165) is 5.56 Å². The van der Waals surface area contributed by atoms with Crippen LogP contribution in [0.1, 0.15) is 45.7 Å². The van der Waals surface area contributed by atoms with Gasteiger partial charge in [-0.05, 0) is 19.4 Å². The standard InChI is InChI=1S/C14H17N3O2.C3H8/c1-10(2)17-13(18)8-12(16-14(17)19)15-9-11-6-4-3-5-7-11;1-3-2/h3-8,10,15H,9H2,1-2H3,(H,16,19);3H2,1-2H3. The summed E-state index contributed by atoms with van der Waals surface area (Å²) in [5, 5.41) is 3.04. The molecule has 120 valence electrons. The van der Waals surface area contributed by atoms with E-state index in [0.29, 0.717) is 12.4 Å². The highest BCUT2D eigenvalue weighted by atomic mass is 16.2. The molecule has 22 heavy (non-hydrogen) atoms. The van der Waals surface area contributed by atoms with Crippen LogP contribution in [0.5, 0.6) is 0 Å². The lowest BCUT2D eigenvalue weighted by atomic mass is 10.2. The molecule has 0 aliphatic heterocycles. The van der Waals surface area contributed by atoms with Crippen LogP contribution in [0.4, 0.5) is 5.82 Å². The van der Waals surface area contributed by atoms with Crippen LogP contribution in [0.3, 0.4) is 0 Å². The molecule has 0 unspecified atom stereocenters. The van der Waals surface area contributed by atoms with Gasteiger partial charge in [-0.2, -0.15) is 0 Å². The number of aromatic nitrogens is 2. The fourth-order valence-electron chi connectivity index (χ4n) is 1.88. The topological polar surface area (TPSA) is 66.9 Å². The zero-order valence-electron chi connectivity index (χ0n) is 13.7. The molecule has 0 fully saturated rings. The van der Waals surface area contributed by atoms with Gasteiger partial charge in [-0.3, -0.25) is 14.3 Å². The van der Waals surface area contributed by atoms with Crippen LogP contribution < -0.4 is 16.6 Å². The minimum Gasteiger partial charge on any atom is -0.367 e. The van der Waals surface area contributed by atoms with Crippen molar-refractivity contribution in [2.24, 2.45) is 0 Å². The first-order chi connectivity index (χ1) is 10.5. The summed E-state index contributed by atoms with van der Waals surface area (Å²) in [4.78, 5) is 26.3. The van der Waals surface area contributed by atoms with Crippen molar-refractivity contribution in [2.45, 2.75) is 46.7 Å². The molecular formula is C17H25N3O2. The summed E-state index contributed by atoms with van der Waals surface area (Å²) < 4.78 is 1.19. The average molecular weight is 303 g/mol. The molecule has 1 aromatic carbocycles. The van der Waals surface area contributed by atoms with E-state index >= 15 is 0 Å². The van der Waals surface area contributed by atoms with Crippen molar-refractivity contribution >= 4 is 5.82 Å². The van der Waals surface area contributed by atoms with Crippen molar-refractivity contribution in [2.75, 3.05) is 5.32 Å². The van der Waals surface area contributed by atoms with Gasteiger partial charge in [-0.15, -0.1) is 0 Å². The Hall–Kier alpha value is -2.30. The molecular weight excluding hydrogens is 278 g/mol. The predicted molar refractivity (Wildman–Crippen MR) is 91.4 cm³/mol. The van der Waals surface area contributed by atoms with E-state index in [4.69, 9.17) is 0 Å². The number of benzene rings is 1. The zero-order chi connectivity index (χ0) is 16.5. The quantitative estimate of drug-likeness (QED) is 0.912. The molecule has 0 spiro atoms. The van der Waals surface area contributed by atoms with E-state index in [1.165, 1.54) is 17.1 Å². The number of H-pyrrole nitrogens is 1. The Bertz CT molecular complexity index is 641. The molecule has 5 heteroatoms. The summed E-state index contributed by atoms with van der Waals surface area (Å²) in [6.45, 7) is 8.41. The second-order valence-electron chi connectivity index (χ2n) is 5.34. The molecule has 5 nitrogen and oxygen atoms in total. The Morgan fingerprint density at radius 1 is 1.14 bits per heavy atom. The molecule has 0 amide bonds. The average Bonchev–Trinajstić information content (AvgIpc) is 2.46. The summed E-state index contributed by atoms with van der Waals surface area (Å²) in [5.74, 6) is 0.441. The van der Waals surface area contributed by atoms with Gasteiger partial charge in [0.15, 0.2) is 0 Å². The molecule has 0 bridgehead atoms. The second-order valence-corrected chi connectivity index (χ2v) is 5.34. The Balaban J connectivity index is 0.000000745. The number of hydrogen-bond donors (Lipinski definition) is 2. The molecule has 2 aromatic rings. The van der Waals surface area contributed by atoms with Crippen LogP contribution in [0.15, 0.2) is 46.0 Å². The first-order valence-corrected chi connectivity index (χ1v) is 7.63. The highest BCUT2D eigenvalue weighted by Crippen LogP contribution is 2.03. The lowest BCUT2D eigenvalue weighted by Gasteiger charge is -2.10. The molecule has 2 rings (SSSR count). The predicted octanol–water partition coefficient (Wildman–Crippen LogP) is 3.15. The van der Waals surface area contributed by atoms with E-state index in [1.807, 2.05) is 30.3 Å². The van der Waals surface area contributed by atoms with E-state index in [9.17, 15) is 9.59 Å². The van der Waals surface area contributed by atoms with E-state index < -0.39 is 5.69 Å². The molecule has 1 aromatic heterocycles. The number of rotatable bonds is 4. The molecule has 0 saturated heterocycles. The first-order valence-electron chi connectivity index (χ1n) is 7.63. The molecule has 0 aliphatic carbocycles. The maximum absolute atomic E-state index is 11.8. The van der Waals surface area contributed by atoms with Crippen LogP contribution in [-0.4, -0.2) is 9.55 Å². The second kappa shape index (κ2) is 8.87. The van der Waals surface area contributed by atoms with E-state index in [-0.39, 0.29) is 11.6 Å². The lowest BCUT2D eigenvalue weighted by Crippen LogP contribution is -2.36. The van der Waals surface area contributed by atoms with Crippen molar-refractivity contribution in [3.05, 3.63) is 62.8 Å². The first kappa shape index (κ1) is 17.8. The fourth-order valence-corrected chi connectivity index (χ4v) is 1.88. The minimum atomic E-state index is -0.391. The van der Waals surface area contributed by atoms with Gasteiger partial charge in [0.05, 0.1) is 0 Å². The lowest BCUT2D eigenvalue weighted by molar-refractivity contribution is 0.546. The van der Waals surface area contributed by atoms with E-state index in [2.05, 4.69) is 24.1 Å². The third-order valence-corrected chi connectivity index (χ3v) is 2.81. The molecule has 0 saturated carbocycles. The third-order valence-electron chi connectivity index (χ3n) is 2.81. The molecule has 2 N–H and O–H groups in total. The summed E-state index contributed by atoms with van der Waals surface area (Å²) >= 11 is 0. The van der Waals surface area contributed by atoms with Crippen molar-refractivity contribution in [3.8, 4) is 0 Å². The van der Waals surface area contributed by atoms with Gasteiger partial charge in [-0.25, -0.2) is 4.79 Å². The highest BCUT2D eigenvalue weighted by molar-refractivity contribution is 5.33. The van der Waals surface area contributed by atoms with Gasteiger partial charge in [-0.1, -0.05) is 50.6 Å². The summed E-state index contributed by atoms with van der Waals surface area (Å²) in [6.07, 6.45) is 1.25. The van der Waals surface area contributed by atoms with Crippen molar-refractivity contribution in [1.82, 2.24) is 9.55 Å². The molecule has 0 aliphatic rings. The highest BCUT2D eigenvalue weighted by Gasteiger charge is 2.07. The smallest absolute Gasteiger partial charge is 0.330 e. The summed E-state index contributed by atoms with van der Waals surface area (Å²) in [6, 6.07) is 11.0. The number of aromatic amines is 1. The molecule has 0 radical (unpaired) electrons. The maximum atomic E-state index is 11.8. The largest absolute Gasteiger partial charge is 0.367 e. The Kier molecular flexibility index (Phi) is 7.16. The van der Waals surface area contributed by atoms with Crippen molar-refractivity contribution < 1.29 is 0 Å². The molecule has 0 atom stereocenters. The van der Waals surface area contributed by atoms with E-state index in [1.54, 1.807) is 13.8 Å². The monoisotopic (exact) mass is 303 g/mol. The SMILES string of the molecule is CC(C)n1c(=O)cc(NCc2ccccc2)[nH]c1=O.CCC. The number of nitrogens with zero attached hydrogens (tertiary/aromatic N) is 1. The van der Waals surface area contributed by atoms with Gasteiger partial charge in [0, 0.05) is 18.7 Å². The Morgan fingerprint density at radius 3 is 2.23 bits per heavy atom. The molecule has 1 heterocycles. The zero-order valence-corrected chi connectivity index (χ0v) is 13.7. The van der Waals surface area contributed by atoms with Crippen LogP contribution in [0.2, 0.25) is 0 Å². The van der Waals surface area contributed by atoms with Crippen LogP contribution >= 0.6 is 0 Å². The van der Waals surface area contributed by atoms with Gasteiger partial charge in [0.1, 0.15) is 5.82 Å². The summed E-state index contributed by atoms with van der Waals surface area (Å²) in [5.41, 5.74) is 0.392. The van der Waals surface area contributed by atoms with Crippen LogP contribution in [-0.2, 0) is 6.54 Å². The van der Waals surface area contributed by atoms with Crippen molar-refractivity contribution in [3.63, 3.8) is 0 Å². The Labute approximate surface area is 131 Å². The minimum absolute atomic E-state index is 0.153.